The maximum atomic E-state index is 13.9. The van der Waals surface area contributed by atoms with E-state index in [0.29, 0.717) is 12.6 Å². The quantitative estimate of drug-likeness (QED) is 0.411. The molecule has 4 rings (SSSR count). The van der Waals surface area contributed by atoms with Crippen molar-refractivity contribution < 1.29 is 13.5 Å². The van der Waals surface area contributed by atoms with Gasteiger partial charge in [-0.1, -0.05) is 42.8 Å². The number of nitrogens with two attached hydrogens (primary N) is 1. The van der Waals surface area contributed by atoms with Crippen molar-refractivity contribution in [1.82, 2.24) is 4.90 Å². The van der Waals surface area contributed by atoms with Gasteiger partial charge in [-0.3, -0.25) is 4.90 Å². The fourth-order valence-corrected chi connectivity index (χ4v) is 6.45. The third-order valence-corrected chi connectivity index (χ3v) is 8.57. The van der Waals surface area contributed by atoms with Crippen LogP contribution in [0.2, 0.25) is 0 Å². The first-order valence-corrected chi connectivity index (χ1v) is 11.7. The summed E-state index contributed by atoms with van der Waals surface area (Å²) in [4.78, 5) is 2.48. The average molecular weight is 566 g/mol. The lowest BCUT2D eigenvalue weighted by molar-refractivity contribution is -0.0653. The average Bonchev–Trinajstić information content (AvgIpc) is 2.68. The van der Waals surface area contributed by atoms with Gasteiger partial charge in [-0.15, -0.1) is 24.8 Å². The number of benzene rings is 2. The molecule has 2 aliphatic rings. The number of fused-ring (bicyclic) bond motifs is 4. The molecule has 2 aromatic carbocycles. The van der Waals surface area contributed by atoms with Gasteiger partial charge in [0.2, 0.25) is 0 Å². The van der Waals surface area contributed by atoms with Gasteiger partial charge in [0, 0.05) is 33.7 Å². The Kier molecular flexibility index (Phi) is 8.90. The number of anilines is 1. The second-order valence-corrected chi connectivity index (χ2v) is 10.7. The normalized spacial score (nSPS) is 24.3. The lowest BCUT2D eigenvalue weighted by Crippen LogP contribution is -2.64. The first kappa shape index (κ1) is 28.3. The Balaban J connectivity index is 0.00000193. The lowest BCUT2D eigenvalue weighted by atomic mass is 9.51. The monoisotopic (exact) mass is 564 g/mol. The summed E-state index contributed by atoms with van der Waals surface area (Å²) in [6.45, 7) is 10.6. The zero-order chi connectivity index (χ0) is 22.6. The van der Waals surface area contributed by atoms with Crippen molar-refractivity contribution in [2.45, 2.75) is 64.7 Å². The van der Waals surface area contributed by atoms with E-state index in [1.165, 1.54) is 29.3 Å². The van der Waals surface area contributed by atoms with Gasteiger partial charge in [0.15, 0.2) is 0 Å². The summed E-state index contributed by atoms with van der Waals surface area (Å²) in [5.74, 6) is -1.13. The largest absolute Gasteiger partial charge is 0.398 e. The zero-order valence-corrected chi connectivity index (χ0v) is 22.7. The summed E-state index contributed by atoms with van der Waals surface area (Å²) in [6, 6.07) is 8.27. The van der Waals surface area contributed by atoms with Crippen molar-refractivity contribution in [3.05, 3.63) is 63.1 Å². The minimum absolute atomic E-state index is 0. The summed E-state index contributed by atoms with van der Waals surface area (Å²) in [7, 11) is 0. The standard InChI is InChI=1S/C25H31BrF2N2O.2ClH/c1-15(31-14-17-19(27)6-5-7-20(17)28)13-30-11-10-25(4)23-16(12-22(30)24(25,2)3)21(29)9-8-18(23)26;;/h5-9,15,22H,10-14,29H2,1-4H3;2*1H. The predicted octanol–water partition coefficient (Wildman–Crippen LogP) is 6.67. The van der Waals surface area contributed by atoms with Gasteiger partial charge in [-0.25, -0.2) is 8.78 Å². The topological polar surface area (TPSA) is 38.5 Å². The summed E-state index contributed by atoms with van der Waals surface area (Å²) in [6.07, 6.45) is 1.75. The molecule has 2 N–H and O–H groups in total. The predicted molar refractivity (Wildman–Crippen MR) is 138 cm³/mol. The van der Waals surface area contributed by atoms with E-state index < -0.39 is 11.6 Å². The van der Waals surface area contributed by atoms with Crippen molar-refractivity contribution in [2.75, 3.05) is 18.8 Å². The lowest BCUT2D eigenvalue weighted by Gasteiger charge is -2.61. The number of nitrogens with zero attached hydrogens (tertiary/aromatic N) is 1. The molecule has 184 valence electrons. The molecular formula is C25H33BrCl2F2N2O. The van der Waals surface area contributed by atoms with Gasteiger partial charge >= 0.3 is 0 Å². The van der Waals surface area contributed by atoms with Crippen LogP contribution >= 0.6 is 40.7 Å². The van der Waals surface area contributed by atoms with Crippen molar-refractivity contribution in [2.24, 2.45) is 5.41 Å². The number of rotatable bonds is 5. The van der Waals surface area contributed by atoms with Crippen LogP contribution < -0.4 is 5.73 Å². The second-order valence-electron chi connectivity index (χ2n) is 9.83. The van der Waals surface area contributed by atoms with Gasteiger partial charge in [0.25, 0.3) is 0 Å². The maximum absolute atomic E-state index is 13.9. The molecular weight excluding hydrogens is 533 g/mol. The number of hydrogen-bond donors (Lipinski definition) is 1. The highest BCUT2D eigenvalue weighted by Gasteiger charge is 2.56. The highest BCUT2D eigenvalue weighted by molar-refractivity contribution is 9.10. The van der Waals surface area contributed by atoms with Crippen LogP contribution in [0.4, 0.5) is 14.5 Å². The number of halogens is 5. The van der Waals surface area contributed by atoms with E-state index in [1.54, 1.807) is 0 Å². The molecule has 2 aromatic rings. The highest BCUT2D eigenvalue weighted by atomic mass is 79.9. The molecule has 1 aliphatic carbocycles. The third kappa shape index (κ3) is 4.79. The molecule has 1 heterocycles. The molecule has 0 amide bonds. The molecule has 0 spiro atoms. The van der Waals surface area contributed by atoms with Crippen LogP contribution in [-0.2, 0) is 23.2 Å². The Bertz CT molecular complexity index is 986. The Labute approximate surface area is 216 Å². The minimum atomic E-state index is -0.563. The molecule has 3 nitrogen and oxygen atoms in total. The van der Waals surface area contributed by atoms with Crippen LogP contribution in [0.5, 0.6) is 0 Å². The molecule has 0 saturated carbocycles. The first-order chi connectivity index (χ1) is 14.6. The van der Waals surface area contributed by atoms with E-state index in [0.717, 1.165) is 29.5 Å². The van der Waals surface area contributed by atoms with Crippen molar-refractivity contribution in [3.8, 4) is 0 Å². The molecule has 3 unspecified atom stereocenters. The SMILES string of the molecule is CC(CN1CCC2(C)c3c(Br)ccc(N)c3CC1C2(C)C)OCc1c(F)cccc1F.Cl.Cl. The minimum Gasteiger partial charge on any atom is -0.398 e. The zero-order valence-electron chi connectivity index (χ0n) is 19.5. The molecule has 0 radical (unpaired) electrons. The van der Waals surface area contributed by atoms with Crippen LogP contribution in [0.15, 0.2) is 34.8 Å². The van der Waals surface area contributed by atoms with E-state index >= 15 is 0 Å². The van der Waals surface area contributed by atoms with Crippen LogP contribution in [0.3, 0.4) is 0 Å². The fraction of sp³-hybridized carbons (Fsp3) is 0.520. The van der Waals surface area contributed by atoms with Crippen LogP contribution in [-0.4, -0.2) is 30.1 Å². The molecule has 1 saturated heterocycles. The number of ether oxygens (including phenoxy) is 1. The van der Waals surface area contributed by atoms with Crippen molar-refractivity contribution in [3.63, 3.8) is 0 Å². The summed E-state index contributed by atoms with van der Waals surface area (Å²) < 4.78 is 34.9. The molecule has 3 atom stereocenters. The number of likely N-dealkylation sites (tertiary alicyclic amines) is 1. The molecule has 2 bridgehead atoms. The maximum Gasteiger partial charge on any atom is 0.131 e. The van der Waals surface area contributed by atoms with E-state index in [2.05, 4.69) is 47.7 Å². The summed E-state index contributed by atoms with van der Waals surface area (Å²) in [5, 5.41) is 0. The van der Waals surface area contributed by atoms with Crippen LogP contribution in [0, 0.1) is 17.0 Å². The molecule has 1 aliphatic heterocycles. The number of hydrogen-bond acceptors (Lipinski definition) is 3. The molecule has 33 heavy (non-hydrogen) atoms. The first-order valence-electron chi connectivity index (χ1n) is 10.9. The number of nitrogen functional groups attached to an aromatic ring is 1. The smallest absolute Gasteiger partial charge is 0.131 e. The van der Waals surface area contributed by atoms with E-state index in [-0.39, 0.29) is 53.9 Å². The molecule has 8 heteroatoms. The van der Waals surface area contributed by atoms with Gasteiger partial charge in [0.05, 0.1) is 12.7 Å². The van der Waals surface area contributed by atoms with Crippen molar-refractivity contribution in [1.29, 1.82) is 0 Å². The van der Waals surface area contributed by atoms with Crippen LogP contribution in [0.1, 0.15) is 50.8 Å². The van der Waals surface area contributed by atoms with Gasteiger partial charge in [0.1, 0.15) is 11.6 Å². The highest BCUT2D eigenvalue weighted by Crippen LogP contribution is 2.58. The van der Waals surface area contributed by atoms with E-state index in [1.807, 2.05) is 13.0 Å². The van der Waals surface area contributed by atoms with Gasteiger partial charge < -0.3 is 10.5 Å². The Morgan fingerprint density at radius 3 is 2.42 bits per heavy atom. The van der Waals surface area contributed by atoms with E-state index in [9.17, 15) is 8.78 Å². The van der Waals surface area contributed by atoms with Crippen molar-refractivity contribution >= 4 is 46.4 Å². The summed E-state index contributed by atoms with van der Waals surface area (Å²) >= 11 is 3.79. The Morgan fingerprint density at radius 2 is 1.79 bits per heavy atom. The fourth-order valence-electron chi connectivity index (χ4n) is 5.64. The summed E-state index contributed by atoms with van der Waals surface area (Å²) in [5.41, 5.74) is 9.90. The molecule has 1 fully saturated rings. The van der Waals surface area contributed by atoms with Gasteiger partial charge in [-0.2, -0.15) is 0 Å². The Morgan fingerprint density at radius 1 is 1.15 bits per heavy atom. The second kappa shape index (κ2) is 10.4. The van der Waals surface area contributed by atoms with E-state index in [4.69, 9.17) is 10.5 Å². The third-order valence-electron chi connectivity index (χ3n) is 7.91. The number of piperidine rings is 1. The van der Waals surface area contributed by atoms with Crippen LogP contribution in [0.25, 0.3) is 0 Å². The molecule has 0 aromatic heterocycles. The Hall–Kier alpha value is -0.920. The van der Waals surface area contributed by atoms with Gasteiger partial charge in [-0.05, 0) is 67.1 Å².